The second-order valence-corrected chi connectivity index (χ2v) is 2.65. The summed E-state index contributed by atoms with van der Waals surface area (Å²) in [5.41, 5.74) is 0. The first-order valence-electron chi connectivity index (χ1n) is 5.00. The van der Waals surface area contributed by atoms with Crippen molar-refractivity contribution in [2.75, 3.05) is 19.8 Å². The molecule has 4 nitrogen and oxygen atoms in total. The summed E-state index contributed by atoms with van der Waals surface area (Å²) in [7, 11) is 0. The van der Waals surface area contributed by atoms with Gasteiger partial charge >= 0.3 is 11.8 Å². The molecule has 0 rings (SSSR count). The third kappa shape index (κ3) is 7.71. The summed E-state index contributed by atoms with van der Waals surface area (Å²) in [6.45, 7) is 5.04. The van der Waals surface area contributed by atoms with E-state index in [1.165, 1.54) is 0 Å². The maximum atomic E-state index is 10.9. The minimum absolute atomic E-state index is 0.191. The molecule has 0 heterocycles. The van der Waals surface area contributed by atoms with Gasteiger partial charge in [-0.25, -0.2) is 4.79 Å². The molecular weight excluding hydrogens is 196 g/mol. The third-order valence-corrected chi connectivity index (χ3v) is 1.46. The fourth-order valence-corrected chi connectivity index (χ4v) is 0.797. The summed E-state index contributed by atoms with van der Waals surface area (Å²) in [4.78, 5) is 21.8. The highest BCUT2D eigenvalue weighted by Gasteiger charge is 2.10. The monoisotopic (exact) mass is 212 g/mol. The van der Waals surface area contributed by atoms with E-state index in [1.54, 1.807) is 6.92 Å². The Bertz CT molecular complexity index is 259. The average Bonchev–Trinajstić information content (AvgIpc) is 2.23. The molecule has 0 unspecified atom stereocenters. The largest absolute Gasteiger partial charge is 0.459 e. The van der Waals surface area contributed by atoms with Crippen molar-refractivity contribution in [2.24, 2.45) is 0 Å². The molecule has 0 fully saturated rings. The molecule has 0 amide bonds. The van der Waals surface area contributed by atoms with E-state index in [4.69, 9.17) is 4.74 Å². The van der Waals surface area contributed by atoms with Gasteiger partial charge in [0.05, 0.1) is 6.61 Å². The smallest absolute Gasteiger partial charge is 0.388 e. The zero-order valence-electron chi connectivity index (χ0n) is 9.17. The van der Waals surface area contributed by atoms with Gasteiger partial charge in [0.25, 0.3) is 0 Å². The molecule has 15 heavy (non-hydrogen) atoms. The zero-order chi connectivity index (χ0) is 11.5. The molecule has 0 aliphatic rings. The second-order valence-electron chi connectivity index (χ2n) is 2.65. The van der Waals surface area contributed by atoms with Crippen LogP contribution in [0.2, 0.25) is 0 Å². The van der Waals surface area contributed by atoms with E-state index in [-0.39, 0.29) is 6.61 Å². The Morgan fingerprint density at radius 2 is 1.93 bits per heavy atom. The molecule has 0 aliphatic carbocycles. The van der Waals surface area contributed by atoms with E-state index in [9.17, 15) is 9.59 Å². The highest BCUT2D eigenvalue weighted by molar-refractivity contribution is 6.40. The number of hydrogen-bond acceptors (Lipinski definition) is 4. The van der Waals surface area contributed by atoms with Crippen LogP contribution in [-0.4, -0.2) is 31.6 Å². The minimum atomic E-state index is -0.880. The van der Waals surface area contributed by atoms with Gasteiger partial charge in [0.15, 0.2) is 0 Å². The van der Waals surface area contributed by atoms with Gasteiger partial charge in [0.1, 0.15) is 0 Å². The molecule has 0 spiro atoms. The van der Waals surface area contributed by atoms with E-state index in [1.807, 2.05) is 6.92 Å². The van der Waals surface area contributed by atoms with Gasteiger partial charge in [-0.1, -0.05) is 5.92 Å². The number of ether oxygens (including phenoxy) is 2. The summed E-state index contributed by atoms with van der Waals surface area (Å²) in [6, 6.07) is 0. The Hall–Kier alpha value is -1.34. The molecule has 0 aliphatic heterocycles. The predicted molar refractivity (Wildman–Crippen MR) is 55.1 cm³/mol. The lowest BCUT2D eigenvalue weighted by atomic mass is 10.3. The molecule has 0 aromatic rings. The Morgan fingerprint density at radius 1 is 1.20 bits per heavy atom. The Morgan fingerprint density at radius 3 is 2.53 bits per heavy atom. The van der Waals surface area contributed by atoms with Crippen molar-refractivity contribution in [3.8, 4) is 11.8 Å². The van der Waals surface area contributed by atoms with E-state index in [0.717, 1.165) is 6.42 Å². The van der Waals surface area contributed by atoms with Crippen molar-refractivity contribution >= 4 is 11.8 Å². The van der Waals surface area contributed by atoms with Gasteiger partial charge in [-0.15, -0.1) is 0 Å². The second kappa shape index (κ2) is 9.22. The van der Waals surface area contributed by atoms with Crippen molar-refractivity contribution in [1.82, 2.24) is 0 Å². The Labute approximate surface area is 89.9 Å². The zero-order valence-corrected chi connectivity index (χ0v) is 9.17. The number of Topliss-reactive ketones (excluding diaryl/α,β-unsaturated/α-hetero) is 1. The lowest BCUT2D eigenvalue weighted by Gasteiger charge is -1.95. The SMILES string of the molecule is CCOCCCC#CC(=O)C(=O)OCC. The number of esters is 1. The minimum Gasteiger partial charge on any atom is -0.459 e. The summed E-state index contributed by atoms with van der Waals surface area (Å²) >= 11 is 0. The average molecular weight is 212 g/mol. The lowest BCUT2D eigenvalue weighted by molar-refractivity contribution is -0.150. The summed E-state index contributed by atoms with van der Waals surface area (Å²) in [5.74, 6) is 3.16. The van der Waals surface area contributed by atoms with Gasteiger partial charge in [-0.05, 0) is 26.2 Å². The quantitative estimate of drug-likeness (QED) is 0.216. The molecule has 4 heteroatoms. The molecule has 0 bridgehead atoms. The maximum Gasteiger partial charge on any atom is 0.388 e. The van der Waals surface area contributed by atoms with Crippen molar-refractivity contribution in [2.45, 2.75) is 26.7 Å². The van der Waals surface area contributed by atoms with Crippen LogP contribution in [0.25, 0.3) is 0 Å². The van der Waals surface area contributed by atoms with Crippen LogP contribution in [0.1, 0.15) is 26.7 Å². The van der Waals surface area contributed by atoms with Gasteiger partial charge in [-0.2, -0.15) is 0 Å². The molecule has 0 aromatic heterocycles. The first kappa shape index (κ1) is 13.7. The predicted octanol–water partition coefficient (Wildman–Crippen LogP) is 0.939. The summed E-state index contributed by atoms with van der Waals surface area (Å²) in [5, 5.41) is 0. The number of carbonyl (C=O) groups excluding carboxylic acids is 2. The summed E-state index contributed by atoms with van der Waals surface area (Å²) in [6.07, 6.45) is 1.31. The van der Waals surface area contributed by atoms with Crippen LogP contribution < -0.4 is 0 Å². The van der Waals surface area contributed by atoms with Crippen LogP contribution in [0.4, 0.5) is 0 Å². The third-order valence-electron chi connectivity index (χ3n) is 1.46. The topological polar surface area (TPSA) is 52.6 Å². The van der Waals surface area contributed by atoms with Crippen molar-refractivity contribution in [3.05, 3.63) is 0 Å². The molecule has 0 saturated heterocycles. The van der Waals surface area contributed by atoms with E-state index < -0.39 is 11.8 Å². The Kier molecular flexibility index (Phi) is 8.40. The van der Waals surface area contributed by atoms with Crippen LogP contribution in [0.5, 0.6) is 0 Å². The number of unbranched alkanes of at least 4 members (excludes halogenated alkanes) is 1. The van der Waals surface area contributed by atoms with Crippen LogP contribution in [-0.2, 0) is 19.1 Å². The fraction of sp³-hybridized carbons (Fsp3) is 0.636. The highest BCUT2D eigenvalue weighted by Crippen LogP contribution is 1.88. The number of rotatable bonds is 6. The van der Waals surface area contributed by atoms with E-state index in [0.29, 0.717) is 19.6 Å². The van der Waals surface area contributed by atoms with Crippen molar-refractivity contribution < 1.29 is 19.1 Å². The van der Waals surface area contributed by atoms with Crippen LogP contribution in [0.15, 0.2) is 0 Å². The van der Waals surface area contributed by atoms with Crippen molar-refractivity contribution in [1.29, 1.82) is 0 Å². The van der Waals surface area contributed by atoms with E-state index in [2.05, 4.69) is 16.6 Å². The number of carbonyl (C=O) groups is 2. The van der Waals surface area contributed by atoms with Crippen LogP contribution in [0.3, 0.4) is 0 Å². The Balaban J connectivity index is 3.67. The fourth-order valence-electron chi connectivity index (χ4n) is 0.797. The molecular formula is C11H16O4. The van der Waals surface area contributed by atoms with Crippen LogP contribution >= 0.6 is 0 Å². The highest BCUT2D eigenvalue weighted by atomic mass is 16.5. The van der Waals surface area contributed by atoms with Crippen molar-refractivity contribution in [3.63, 3.8) is 0 Å². The standard InChI is InChI=1S/C11H16O4/c1-3-14-9-7-5-6-8-10(12)11(13)15-4-2/h3-5,7,9H2,1-2H3. The maximum absolute atomic E-state index is 10.9. The molecule has 0 atom stereocenters. The summed E-state index contributed by atoms with van der Waals surface area (Å²) < 4.78 is 9.57. The first-order chi connectivity index (χ1) is 7.22. The number of ketones is 1. The molecule has 84 valence electrons. The molecule has 0 saturated carbocycles. The van der Waals surface area contributed by atoms with Crippen LogP contribution in [0, 0.1) is 11.8 Å². The van der Waals surface area contributed by atoms with Gasteiger partial charge in [0, 0.05) is 19.6 Å². The number of hydrogen-bond donors (Lipinski definition) is 0. The molecule has 0 radical (unpaired) electrons. The normalized spacial score (nSPS) is 8.93. The van der Waals surface area contributed by atoms with Gasteiger partial charge < -0.3 is 9.47 Å². The van der Waals surface area contributed by atoms with Gasteiger partial charge in [0.2, 0.25) is 0 Å². The molecule has 0 N–H and O–H groups in total. The van der Waals surface area contributed by atoms with Gasteiger partial charge in [-0.3, -0.25) is 4.79 Å². The molecule has 0 aromatic carbocycles. The van der Waals surface area contributed by atoms with E-state index >= 15 is 0 Å². The lowest BCUT2D eigenvalue weighted by Crippen LogP contribution is -2.15. The first-order valence-corrected chi connectivity index (χ1v) is 5.00.